The van der Waals surface area contributed by atoms with Gasteiger partial charge in [0, 0.05) is 6.07 Å². The first-order chi connectivity index (χ1) is 9.83. The Morgan fingerprint density at radius 1 is 1.10 bits per heavy atom. The molecule has 4 heteroatoms. The van der Waals surface area contributed by atoms with Crippen molar-refractivity contribution in [3.05, 3.63) is 59.7 Å². The highest BCUT2D eigenvalue weighted by Gasteiger charge is 2.05. The van der Waals surface area contributed by atoms with E-state index in [2.05, 4.69) is 0 Å². The number of carbonyl (C=O) groups excluding carboxylic acids is 1. The molecule has 0 N–H and O–H groups in total. The molecule has 0 amide bonds. The summed E-state index contributed by atoms with van der Waals surface area (Å²) in [5, 5.41) is 0. The van der Waals surface area contributed by atoms with E-state index in [1.807, 2.05) is 30.3 Å². The summed E-state index contributed by atoms with van der Waals surface area (Å²) in [6.45, 7) is 0.532. The van der Waals surface area contributed by atoms with Crippen LogP contribution in [0, 0.1) is 0 Å². The molecule has 0 heterocycles. The van der Waals surface area contributed by atoms with Crippen LogP contribution in [-0.2, 0) is 11.3 Å². The van der Waals surface area contributed by atoms with Crippen molar-refractivity contribution in [2.75, 3.05) is 13.9 Å². The van der Waals surface area contributed by atoms with Gasteiger partial charge >= 0.3 is 0 Å². The van der Waals surface area contributed by atoms with Crippen molar-refractivity contribution >= 4 is 6.29 Å². The van der Waals surface area contributed by atoms with Crippen LogP contribution in [0.25, 0.3) is 0 Å². The second-order valence-corrected chi connectivity index (χ2v) is 4.12. The molecule has 2 aromatic carbocycles. The first-order valence-corrected chi connectivity index (χ1v) is 6.21. The Bertz CT molecular complexity index is 552. The van der Waals surface area contributed by atoms with Gasteiger partial charge in [-0.3, -0.25) is 4.79 Å². The molecule has 0 unspecified atom stereocenters. The van der Waals surface area contributed by atoms with Crippen LogP contribution in [0.2, 0.25) is 0 Å². The van der Waals surface area contributed by atoms with Crippen molar-refractivity contribution in [3.8, 4) is 11.5 Å². The maximum absolute atomic E-state index is 10.9. The fourth-order valence-corrected chi connectivity index (χ4v) is 1.70. The van der Waals surface area contributed by atoms with E-state index in [0.717, 1.165) is 11.8 Å². The van der Waals surface area contributed by atoms with Crippen LogP contribution >= 0.6 is 0 Å². The lowest BCUT2D eigenvalue weighted by Gasteiger charge is -2.10. The second kappa shape index (κ2) is 7.31. The maximum Gasteiger partial charge on any atom is 0.189 e. The van der Waals surface area contributed by atoms with Gasteiger partial charge in [0.25, 0.3) is 0 Å². The minimum atomic E-state index is 0.0723. The standard InChI is InChI=1S/C16H16O4/c1-18-15-8-7-14(10-17)16(9-15)20-12-19-11-13-5-3-2-4-6-13/h2-10H,11-12H2,1H3. The minimum Gasteiger partial charge on any atom is -0.497 e. The third-order valence-corrected chi connectivity index (χ3v) is 2.76. The quantitative estimate of drug-likeness (QED) is 0.441. The molecule has 0 aliphatic rings. The Morgan fingerprint density at radius 3 is 2.60 bits per heavy atom. The van der Waals surface area contributed by atoms with Gasteiger partial charge in [0.05, 0.1) is 19.3 Å². The molecule has 0 aromatic heterocycles. The smallest absolute Gasteiger partial charge is 0.189 e. The normalized spacial score (nSPS) is 10.1. The SMILES string of the molecule is COc1ccc(C=O)c(OCOCc2ccccc2)c1. The number of hydrogen-bond donors (Lipinski definition) is 0. The van der Waals surface area contributed by atoms with Crippen molar-refractivity contribution < 1.29 is 19.0 Å². The van der Waals surface area contributed by atoms with Crippen molar-refractivity contribution in [2.24, 2.45) is 0 Å². The number of methoxy groups -OCH3 is 1. The highest BCUT2D eigenvalue weighted by molar-refractivity contribution is 5.79. The molecule has 20 heavy (non-hydrogen) atoms. The monoisotopic (exact) mass is 272 g/mol. The summed E-state index contributed by atoms with van der Waals surface area (Å²) in [5.41, 5.74) is 1.53. The lowest BCUT2D eigenvalue weighted by Crippen LogP contribution is -2.04. The average molecular weight is 272 g/mol. The molecule has 0 bridgehead atoms. The Labute approximate surface area is 117 Å². The van der Waals surface area contributed by atoms with Crippen LogP contribution in [0.1, 0.15) is 15.9 Å². The van der Waals surface area contributed by atoms with Crippen molar-refractivity contribution in [1.82, 2.24) is 0 Å². The van der Waals surface area contributed by atoms with Crippen molar-refractivity contribution in [2.45, 2.75) is 6.61 Å². The van der Waals surface area contributed by atoms with E-state index in [-0.39, 0.29) is 6.79 Å². The number of ether oxygens (including phenoxy) is 3. The van der Waals surface area contributed by atoms with Crippen LogP contribution in [0.15, 0.2) is 48.5 Å². The van der Waals surface area contributed by atoms with Gasteiger partial charge in [-0.25, -0.2) is 0 Å². The zero-order valence-electron chi connectivity index (χ0n) is 11.2. The first kappa shape index (κ1) is 14.1. The zero-order valence-corrected chi connectivity index (χ0v) is 11.2. The van der Waals surface area contributed by atoms with E-state index in [9.17, 15) is 4.79 Å². The van der Waals surface area contributed by atoms with Crippen molar-refractivity contribution in [1.29, 1.82) is 0 Å². The second-order valence-electron chi connectivity index (χ2n) is 4.12. The molecule has 0 fully saturated rings. The van der Waals surface area contributed by atoms with Gasteiger partial charge in [0.15, 0.2) is 13.1 Å². The summed E-state index contributed by atoms with van der Waals surface area (Å²) >= 11 is 0. The highest BCUT2D eigenvalue weighted by atomic mass is 16.7. The van der Waals surface area contributed by atoms with Gasteiger partial charge in [0.1, 0.15) is 11.5 Å². The molecule has 4 nitrogen and oxygen atoms in total. The van der Waals surface area contributed by atoms with Gasteiger partial charge < -0.3 is 14.2 Å². The topological polar surface area (TPSA) is 44.8 Å². The fourth-order valence-electron chi connectivity index (χ4n) is 1.70. The number of carbonyl (C=O) groups is 1. The molecule has 0 aliphatic heterocycles. The Kier molecular flexibility index (Phi) is 5.15. The third kappa shape index (κ3) is 3.83. The summed E-state index contributed by atoms with van der Waals surface area (Å²) in [6.07, 6.45) is 0.742. The summed E-state index contributed by atoms with van der Waals surface area (Å²) < 4.78 is 16.0. The van der Waals surface area contributed by atoms with Crippen LogP contribution < -0.4 is 9.47 Å². The van der Waals surface area contributed by atoms with Gasteiger partial charge in [-0.1, -0.05) is 30.3 Å². The number of rotatable bonds is 7. The zero-order chi connectivity index (χ0) is 14.2. The number of aldehydes is 1. The van der Waals surface area contributed by atoms with Crippen LogP contribution in [-0.4, -0.2) is 20.2 Å². The van der Waals surface area contributed by atoms with E-state index in [1.165, 1.54) is 0 Å². The van der Waals surface area contributed by atoms with Crippen LogP contribution in [0.3, 0.4) is 0 Å². The largest absolute Gasteiger partial charge is 0.497 e. The maximum atomic E-state index is 10.9. The molecule has 0 spiro atoms. The third-order valence-electron chi connectivity index (χ3n) is 2.76. The fraction of sp³-hybridized carbons (Fsp3) is 0.188. The molecule has 0 atom stereocenters. The van der Waals surface area contributed by atoms with Gasteiger partial charge in [-0.2, -0.15) is 0 Å². The molecular formula is C16H16O4. The van der Waals surface area contributed by atoms with Crippen LogP contribution in [0.4, 0.5) is 0 Å². The van der Waals surface area contributed by atoms with Crippen LogP contribution in [0.5, 0.6) is 11.5 Å². The molecule has 0 radical (unpaired) electrons. The summed E-state index contributed by atoms with van der Waals surface area (Å²) in [4.78, 5) is 10.9. The van der Waals surface area contributed by atoms with E-state index >= 15 is 0 Å². The predicted octanol–water partition coefficient (Wildman–Crippen LogP) is 3.06. The molecule has 0 saturated heterocycles. The van der Waals surface area contributed by atoms with E-state index in [0.29, 0.717) is 23.7 Å². The lowest BCUT2D eigenvalue weighted by molar-refractivity contribution is 0.00468. The average Bonchev–Trinajstić information content (AvgIpc) is 2.52. The molecule has 104 valence electrons. The van der Waals surface area contributed by atoms with E-state index in [1.54, 1.807) is 25.3 Å². The molecular weight excluding hydrogens is 256 g/mol. The van der Waals surface area contributed by atoms with E-state index in [4.69, 9.17) is 14.2 Å². The van der Waals surface area contributed by atoms with Gasteiger partial charge in [-0.05, 0) is 17.7 Å². The lowest BCUT2D eigenvalue weighted by atomic mass is 10.2. The molecule has 0 saturated carbocycles. The summed E-state index contributed by atoms with van der Waals surface area (Å²) in [7, 11) is 1.56. The van der Waals surface area contributed by atoms with E-state index < -0.39 is 0 Å². The highest BCUT2D eigenvalue weighted by Crippen LogP contribution is 2.23. The first-order valence-electron chi connectivity index (χ1n) is 6.21. The summed E-state index contributed by atoms with van der Waals surface area (Å²) in [5.74, 6) is 1.08. The van der Waals surface area contributed by atoms with Gasteiger partial charge in [-0.15, -0.1) is 0 Å². The molecule has 2 rings (SSSR count). The Morgan fingerprint density at radius 2 is 1.90 bits per heavy atom. The summed E-state index contributed by atoms with van der Waals surface area (Å²) in [6, 6.07) is 14.8. The van der Waals surface area contributed by atoms with Crippen molar-refractivity contribution in [3.63, 3.8) is 0 Å². The molecule has 0 aliphatic carbocycles. The number of benzene rings is 2. The predicted molar refractivity (Wildman–Crippen MR) is 75.1 cm³/mol. The Balaban J connectivity index is 1.88. The van der Waals surface area contributed by atoms with Gasteiger partial charge in [0.2, 0.25) is 0 Å². The minimum absolute atomic E-state index is 0.0723. The Hall–Kier alpha value is -2.33. The molecule has 2 aromatic rings. The number of hydrogen-bond acceptors (Lipinski definition) is 4.